The standard InChI is InChI=1S/C19H24F3N5O2/c20-19(21,22)15-11-16(23)24-12-14(15)13-9-17(26-1-5-28-6-2-26)25-18(10-13)27-3-7-29-8-4-27/h9-11,14H,1-8,12H2,(H2,23,24). The second-order valence-corrected chi connectivity index (χ2v) is 7.23. The van der Waals surface area contributed by atoms with Gasteiger partial charge in [0.2, 0.25) is 0 Å². The average Bonchev–Trinajstić information content (AvgIpc) is 2.74. The van der Waals surface area contributed by atoms with E-state index in [2.05, 4.69) is 4.99 Å². The summed E-state index contributed by atoms with van der Waals surface area (Å²) in [7, 11) is 0. The maximum Gasteiger partial charge on any atom is 0.413 e. The number of dihydropyridines is 1. The van der Waals surface area contributed by atoms with Crippen LogP contribution in [0.15, 0.2) is 28.8 Å². The molecule has 4 rings (SSSR count). The number of anilines is 2. The third-order valence-electron chi connectivity index (χ3n) is 5.36. The average molecular weight is 411 g/mol. The number of halogens is 3. The molecule has 1 aromatic rings. The van der Waals surface area contributed by atoms with Crippen LogP contribution in [-0.2, 0) is 9.47 Å². The first kappa shape index (κ1) is 20.0. The van der Waals surface area contributed by atoms with Crippen LogP contribution in [0.3, 0.4) is 0 Å². The van der Waals surface area contributed by atoms with Crippen LogP contribution in [0.1, 0.15) is 11.5 Å². The largest absolute Gasteiger partial charge is 0.413 e. The molecule has 4 heterocycles. The third-order valence-corrected chi connectivity index (χ3v) is 5.36. The van der Waals surface area contributed by atoms with E-state index in [1.165, 1.54) is 0 Å². The number of nitrogens with zero attached hydrogens (tertiary/aromatic N) is 4. The van der Waals surface area contributed by atoms with Crippen LogP contribution < -0.4 is 15.5 Å². The molecular formula is C19H24F3N5O2. The van der Waals surface area contributed by atoms with Gasteiger partial charge in [0.1, 0.15) is 17.5 Å². The minimum absolute atomic E-state index is 0.0354. The van der Waals surface area contributed by atoms with Crippen LogP contribution in [0.5, 0.6) is 0 Å². The van der Waals surface area contributed by atoms with Crippen molar-refractivity contribution < 1.29 is 22.6 Å². The molecule has 2 saturated heterocycles. The lowest BCUT2D eigenvalue weighted by molar-refractivity contribution is -0.0957. The number of nitrogens with two attached hydrogens (primary N) is 1. The number of hydrogen-bond acceptors (Lipinski definition) is 7. The summed E-state index contributed by atoms with van der Waals surface area (Å²) in [6.07, 6.45) is -3.54. The van der Waals surface area contributed by atoms with E-state index in [1.807, 2.05) is 9.80 Å². The molecular weight excluding hydrogens is 387 g/mol. The summed E-state index contributed by atoms with van der Waals surface area (Å²) >= 11 is 0. The molecule has 10 heteroatoms. The van der Waals surface area contributed by atoms with Crippen LogP contribution >= 0.6 is 0 Å². The number of morpholine rings is 2. The maximum absolute atomic E-state index is 13.7. The molecule has 0 spiro atoms. The first-order valence-electron chi connectivity index (χ1n) is 9.68. The first-order chi connectivity index (χ1) is 13.9. The molecule has 0 amide bonds. The van der Waals surface area contributed by atoms with Crippen molar-refractivity contribution in [1.82, 2.24) is 4.98 Å². The molecule has 0 radical (unpaired) electrons. The highest BCUT2D eigenvalue weighted by atomic mass is 19.4. The Hall–Kier alpha value is -2.33. The Morgan fingerprint density at radius 1 is 0.931 bits per heavy atom. The van der Waals surface area contributed by atoms with E-state index in [0.29, 0.717) is 69.8 Å². The van der Waals surface area contributed by atoms with Gasteiger partial charge in [-0.25, -0.2) is 4.98 Å². The third kappa shape index (κ3) is 4.48. The Bertz CT molecular complexity index is 763. The quantitative estimate of drug-likeness (QED) is 0.816. The number of amidine groups is 1. The van der Waals surface area contributed by atoms with Crippen molar-refractivity contribution in [2.75, 3.05) is 69.0 Å². The maximum atomic E-state index is 13.7. The molecule has 0 aromatic carbocycles. The molecule has 0 bridgehead atoms. The SMILES string of the molecule is NC1=NCC(c2cc(N3CCOCC3)nc(N3CCOCC3)c2)C(C(F)(F)F)=C1. The van der Waals surface area contributed by atoms with Gasteiger partial charge in [0.25, 0.3) is 0 Å². The van der Waals surface area contributed by atoms with Gasteiger partial charge in [-0.2, -0.15) is 13.2 Å². The zero-order valence-electron chi connectivity index (χ0n) is 16.0. The van der Waals surface area contributed by atoms with E-state index in [0.717, 1.165) is 6.08 Å². The molecule has 2 N–H and O–H groups in total. The number of ether oxygens (including phenoxy) is 2. The zero-order valence-corrected chi connectivity index (χ0v) is 16.0. The fourth-order valence-corrected chi connectivity index (χ4v) is 3.80. The molecule has 0 aliphatic carbocycles. The smallest absolute Gasteiger partial charge is 0.384 e. The predicted molar refractivity (Wildman–Crippen MR) is 104 cm³/mol. The molecule has 29 heavy (non-hydrogen) atoms. The van der Waals surface area contributed by atoms with E-state index in [1.54, 1.807) is 12.1 Å². The van der Waals surface area contributed by atoms with Gasteiger partial charge < -0.3 is 25.0 Å². The fourth-order valence-electron chi connectivity index (χ4n) is 3.80. The number of aliphatic imine (C=N–C) groups is 1. The highest BCUT2D eigenvalue weighted by Crippen LogP contribution is 2.40. The molecule has 1 unspecified atom stereocenters. The second kappa shape index (κ2) is 8.19. The lowest BCUT2D eigenvalue weighted by atomic mass is 9.88. The van der Waals surface area contributed by atoms with Gasteiger partial charge in [-0.3, -0.25) is 4.99 Å². The summed E-state index contributed by atoms with van der Waals surface area (Å²) in [6.45, 7) is 4.83. The molecule has 158 valence electrons. The summed E-state index contributed by atoms with van der Waals surface area (Å²) in [5.41, 5.74) is 5.45. The van der Waals surface area contributed by atoms with Crippen LogP contribution in [0, 0.1) is 0 Å². The number of hydrogen-bond donors (Lipinski definition) is 1. The Balaban J connectivity index is 1.74. The molecule has 3 aliphatic rings. The molecule has 0 saturated carbocycles. The summed E-state index contributed by atoms with van der Waals surface area (Å²) in [6, 6.07) is 3.49. The van der Waals surface area contributed by atoms with E-state index >= 15 is 0 Å². The van der Waals surface area contributed by atoms with Crippen LogP contribution in [0.2, 0.25) is 0 Å². The van der Waals surface area contributed by atoms with Crippen LogP contribution in [0.4, 0.5) is 24.8 Å². The van der Waals surface area contributed by atoms with Crippen molar-refractivity contribution in [3.05, 3.63) is 29.3 Å². The van der Waals surface area contributed by atoms with Gasteiger partial charge in [0, 0.05) is 37.7 Å². The molecule has 1 atom stereocenters. The van der Waals surface area contributed by atoms with Crippen molar-refractivity contribution in [2.24, 2.45) is 10.7 Å². The molecule has 2 fully saturated rings. The van der Waals surface area contributed by atoms with Crippen molar-refractivity contribution in [3.8, 4) is 0 Å². The van der Waals surface area contributed by atoms with Crippen molar-refractivity contribution in [1.29, 1.82) is 0 Å². The first-order valence-corrected chi connectivity index (χ1v) is 9.68. The van der Waals surface area contributed by atoms with Gasteiger partial charge in [0.05, 0.1) is 33.0 Å². The molecule has 1 aromatic heterocycles. The van der Waals surface area contributed by atoms with E-state index in [9.17, 15) is 13.2 Å². The van der Waals surface area contributed by atoms with Crippen molar-refractivity contribution in [3.63, 3.8) is 0 Å². The Morgan fingerprint density at radius 3 is 1.93 bits per heavy atom. The van der Waals surface area contributed by atoms with Crippen molar-refractivity contribution >= 4 is 17.5 Å². The lowest BCUT2D eigenvalue weighted by Gasteiger charge is -2.33. The summed E-state index contributed by atoms with van der Waals surface area (Å²) in [4.78, 5) is 12.9. The number of pyridine rings is 1. The van der Waals surface area contributed by atoms with E-state index in [-0.39, 0.29) is 12.4 Å². The number of alkyl halides is 3. The Labute approximate surface area is 167 Å². The van der Waals surface area contributed by atoms with Gasteiger partial charge >= 0.3 is 6.18 Å². The number of aromatic nitrogens is 1. The van der Waals surface area contributed by atoms with Crippen LogP contribution in [-0.4, -0.2) is 76.1 Å². The highest BCUT2D eigenvalue weighted by molar-refractivity contribution is 5.93. The second-order valence-electron chi connectivity index (χ2n) is 7.23. The molecule has 3 aliphatic heterocycles. The van der Waals surface area contributed by atoms with E-state index < -0.39 is 17.7 Å². The van der Waals surface area contributed by atoms with E-state index in [4.69, 9.17) is 20.2 Å². The lowest BCUT2D eigenvalue weighted by Crippen LogP contribution is -2.39. The minimum atomic E-state index is -4.48. The monoisotopic (exact) mass is 411 g/mol. The van der Waals surface area contributed by atoms with Gasteiger partial charge in [-0.05, 0) is 23.8 Å². The summed E-state index contributed by atoms with van der Waals surface area (Å²) in [5.74, 6) is 0.321. The van der Waals surface area contributed by atoms with Crippen LogP contribution in [0.25, 0.3) is 0 Å². The normalized spacial score (nSPS) is 23.6. The van der Waals surface area contributed by atoms with Gasteiger partial charge in [-0.1, -0.05) is 0 Å². The Morgan fingerprint density at radius 2 is 1.45 bits per heavy atom. The van der Waals surface area contributed by atoms with Crippen molar-refractivity contribution in [2.45, 2.75) is 12.1 Å². The summed E-state index contributed by atoms with van der Waals surface area (Å²) < 4.78 is 51.9. The minimum Gasteiger partial charge on any atom is -0.384 e. The predicted octanol–water partition coefficient (Wildman–Crippen LogP) is 1.70. The topological polar surface area (TPSA) is 76.2 Å². The fraction of sp³-hybridized carbons (Fsp3) is 0.579. The number of rotatable bonds is 3. The zero-order chi connectivity index (χ0) is 20.4. The Kier molecular flexibility index (Phi) is 5.64. The highest BCUT2D eigenvalue weighted by Gasteiger charge is 2.41. The molecule has 7 nitrogen and oxygen atoms in total. The summed E-state index contributed by atoms with van der Waals surface area (Å²) in [5, 5.41) is 0. The van der Waals surface area contributed by atoms with Gasteiger partial charge in [0.15, 0.2) is 0 Å². The van der Waals surface area contributed by atoms with Gasteiger partial charge in [-0.15, -0.1) is 0 Å².